The minimum absolute atomic E-state index is 0.224. The molecule has 0 spiro atoms. The number of carbonyl (C=O) groups excluding carboxylic acids is 1. The lowest BCUT2D eigenvalue weighted by Crippen LogP contribution is -2.39. The fourth-order valence-corrected chi connectivity index (χ4v) is 5.74. The molecule has 14 heteroatoms. The van der Waals surface area contributed by atoms with E-state index in [0.717, 1.165) is 0 Å². The van der Waals surface area contributed by atoms with Gasteiger partial charge in [0.15, 0.2) is 5.82 Å². The second kappa shape index (κ2) is 11.3. The first-order chi connectivity index (χ1) is 18.5. The van der Waals surface area contributed by atoms with E-state index in [1.165, 1.54) is 17.8 Å². The van der Waals surface area contributed by atoms with Gasteiger partial charge in [0.25, 0.3) is 0 Å². The van der Waals surface area contributed by atoms with E-state index in [4.69, 9.17) is 24.3 Å². The number of ether oxygens (including phenoxy) is 2. The van der Waals surface area contributed by atoms with Crippen molar-refractivity contribution in [2.75, 3.05) is 12.3 Å². The number of nitrogens with two attached hydrogens (primary N) is 1. The first kappa shape index (κ1) is 28.5. The van der Waals surface area contributed by atoms with Crippen LogP contribution in [0.5, 0.6) is 5.75 Å². The standard InChI is InChI=1S/C25H31N6O7P/c1-15(2)36-24(33)16(3)30-39(34,38-17-8-6-5-7-9-17)35-12-20-21(32)25(4,13-26)22(37-20)18-10-11-19-23(27)28-14-29-31(18)19/h5-11,14-16,20-22,32H,12H2,1-4H3,(H,30,34)(H2,27,28,29)/t16-,20+,21+,22-,25+,39-/m0/s1. The highest BCUT2D eigenvalue weighted by Crippen LogP contribution is 2.50. The molecule has 2 aromatic heterocycles. The first-order valence-corrected chi connectivity index (χ1v) is 13.8. The van der Waals surface area contributed by atoms with Crippen molar-refractivity contribution < 1.29 is 33.0 Å². The van der Waals surface area contributed by atoms with Crippen molar-refractivity contribution in [3.63, 3.8) is 0 Å². The van der Waals surface area contributed by atoms with E-state index in [0.29, 0.717) is 11.2 Å². The van der Waals surface area contributed by atoms with Gasteiger partial charge in [-0.2, -0.15) is 15.4 Å². The smallest absolute Gasteiger partial charge is 0.459 e. The number of para-hydroxylation sites is 1. The normalized spacial score (nSPS) is 25.2. The summed E-state index contributed by atoms with van der Waals surface area (Å²) in [6, 6.07) is 12.7. The molecule has 3 aromatic rings. The SMILES string of the molecule is CC(C)OC(=O)[C@H](C)N[P@](=O)(OC[C@H]1O[C@@H](c2ccc3c(N)ncnn23)[C@](C)(C#N)[C@@H]1O)Oc1ccccc1. The van der Waals surface area contributed by atoms with Gasteiger partial charge in [-0.1, -0.05) is 18.2 Å². The molecule has 4 rings (SSSR count). The number of rotatable bonds is 10. The number of esters is 1. The zero-order chi connectivity index (χ0) is 28.4. The van der Waals surface area contributed by atoms with Crippen LogP contribution in [0, 0.1) is 16.7 Å². The molecular formula is C25H31N6O7P. The minimum Gasteiger partial charge on any atom is -0.462 e. The Hall–Kier alpha value is -3.53. The second-order valence-electron chi connectivity index (χ2n) is 9.63. The van der Waals surface area contributed by atoms with Crippen molar-refractivity contribution >= 4 is 25.1 Å². The molecule has 3 heterocycles. The van der Waals surface area contributed by atoms with Crippen LogP contribution < -0.4 is 15.3 Å². The lowest BCUT2D eigenvalue weighted by atomic mass is 9.79. The van der Waals surface area contributed by atoms with E-state index >= 15 is 0 Å². The maximum atomic E-state index is 13.8. The van der Waals surface area contributed by atoms with Gasteiger partial charge >= 0.3 is 13.7 Å². The lowest BCUT2D eigenvalue weighted by molar-refractivity contribution is -0.149. The number of nitrogens with zero attached hydrogens (tertiary/aromatic N) is 4. The molecule has 1 saturated heterocycles. The summed E-state index contributed by atoms with van der Waals surface area (Å²) < 4.78 is 37.9. The van der Waals surface area contributed by atoms with Gasteiger partial charge in [0.1, 0.15) is 47.4 Å². The van der Waals surface area contributed by atoms with Crippen LogP contribution in [0.1, 0.15) is 39.5 Å². The number of carbonyl (C=O) groups is 1. The molecular weight excluding hydrogens is 527 g/mol. The first-order valence-electron chi connectivity index (χ1n) is 12.3. The minimum atomic E-state index is -4.22. The fourth-order valence-electron chi connectivity index (χ4n) is 4.24. The Kier molecular flexibility index (Phi) is 8.25. The molecule has 1 fully saturated rings. The summed E-state index contributed by atoms with van der Waals surface area (Å²) in [5.74, 6) is -0.188. The van der Waals surface area contributed by atoms with Crippen LogP contribution in [0.3, 0.4) is 0 Å². The van der Waals surface area contributed by atoms with Crippen LogP contribution in [-0.2, 0) is 23.4 Å². The molecule has 1 aliphatic heterocycles. The monoisotopic (exact) mass is 558 g/mol. The highest BCUT2D eigenvalue weighted by atomic mass is 31.2. The lowest BCUT2D eigenvalue weighted by Gasteiger charge is -2.26. The summed E-state index contributed by atoms with van der Waals surface area (Å²) in [5.41, 5.74) is 5.50. The van der Waals surface area contributed by atoms with Gasteiger partial charge in [-0.15, -0.1) is 0 Å². The number of aliphatic hydroxyl groups excluding tert-OH is 1. The van der Waals surface area contributed by atoms with E-state index in [-0.39, 0.29) is 17.7 Å². The van der Waals surface area contributed by atoms with Gasteiger partial charge in [0.2, 0.25) is 0 Å². The number of anilines is 1. The number of nitrogen functional groups attached to an aromatic ring is 1. The number of fused-ring (bicyclic) bond motifs is 1. The quantitative estimate of drug-likeness (QED) is 0.245. The third-order valence-corrected chi connectivity index (χ3v) is 7.92. The largest absolute Gasteiger partial charge is 0.462 e. The molecule has 0 radical (unpaired) electrons. The molecule has 13 nitrogen and oxygen atoms in total. The highest BCUT2D eigenvalue weighted by molar-refractivity contribution is 7.52. The van der Waals surface area contributed by atoms with Gasteiger partial charge in [-0.05, 0) is 52.0 Å². The van der Waals surface area contributed by atoms with Crippen LogP contribution in [0.4, 0.5) is 5.82 Å². The summed E-state index contributed by atoms with van der Waals surface area (Å²) in [5, 5.41) is 28.0. The summed E-state index contributed by atoms with van der Waals surface area (Å²) >= 11 is 0. The van der Waals surface area contributed by atoms with Crippen LogP contribution in [0.2, 0.25) is 0 Å². The van der Waals surface area contributed by atoms with Crippen LogP contribution in [0.15, 0.2) is 48.8 Å². The number of hydrogen-bond acceptors (Lipinski definition) is 11. The number of aliphatic hydroxyl groups is 1. The molecule has 39 heavy (non-hydrogen) atoms. The van der Waals surface area contributed by atoms with E-state index in [2.05, 4.69) is 21.2 Å². The number of nitriles is 1. The molecule has 208 valence electrons. The Morgan fingerprint density at radius 1 is 1.31 bits per heavy atom. The third-order valence-electron chi connectivity index (χ3n) is 6.28. The summed E-state index contributed by atoms with van der Waals surface area (Å²) in [6.45, 7) is 5.96. The topological polar surface area (TPSA) is 183 Å². The van der Waals surface area contributed by atoms with Crippen molar-refractivity contribution in [3.05, 3.63) is 54.5 Å². The molecule has 1 aromatic carbocycles. The zero-order valence-corrected chi connectivity index (χ0v) is 22.8. The van der Waals surface area contributed by atoms with Crippen LogP contribution in [0.25, 0.3) is 5.52 Å². The highest BCUT2D eigenvalue weighted by Gasteiger charge is 2.55. The van der Waals surface area contributed by atoms with Gasteiger partial charge in [0, 0.05) is 0 Å². The molecule has 0 amide bonds. The predicted molar refractivity (Wildman–Crippen MR) is 139 cm³/mol. The van der Waals surface area contributed by atoms with E-state index in [1.807, 2.05) is 0 Å². The molecule has 6 atom stereocenters. The molecule has 0 saturated carbocycles. The van der Waals surface area contributed by atoms with Crippen molar-refractivity contribution in [3.8, 4) is 11.8 Å². The van der Waals surface area contributed by atoms with E-state index in [1.54, 1.807) is 63.2 Å². The molecule has 0 unspecified atom stereocenters. The van der Waals surface area contributed by atoms with Gasteiger partial charge < -0.3 is 24.8 Å². The number of hydrogen-bond donors (Lipinski definition) is 3. The van der Waals surface area contributed by atoms with Gasteiger partial charge in [0.05, 0.1) is 24.5 Å². The molecule has 0 aliphatic carbocycles. The Morgan fingerprint density at radius 3 is 2.69 bits per heavy atom. The molecule has 1 aliphatic rings. The van der Waals surface area contributed by atoms with Crippen molar-refractivity contribution in [2.24, 2.45) is 5.41 Å². The number of benzene rings is 1. The summed E-state index contributed by atoms with van der Waals surface area (Å²) in [4.78, 5) is 16.3. The van der Waals surface area contributed by atoms with Gasteiger partial charge in [-0.3, -0.25) is 9.32 Å². The van der Waals surface area contributed by atoms with Crippen LogP contribution in [-0.4, -0.2) is 56.6 Å². The second-order valence-corrected chi connectivity index (χ2v) is 11.3. The summed E-state index contributed by atoms with van der Waals surface area (Å²) in [7, 11) is -4.22. The fraction of sp³-hybridized carbons (Fsp3) is 0.440. The number of nitrogens with one attached hydrogen (secondary N) is 1. The molecule has 4 N–H and O–H groups in total. The van der Waals surface area contributed by atoms with E-state index < -0.39 is 50.1 Å². The average molecular weight is 559 g/mol. The Labute approximate surface area is 225 Å². The van der Waals surface area contributed by atoms with Crippen molar-refractivity contribution in [1.82, 2.24) is 19.7 Å². The Balaban J connectivity index is 1.57. The zero-order valence-electron chi connectivity index (χ0n) is 21.9. The molecule has 0 bridgehead atoms. The number of aromatic nitrogens is 3. The van der Waals surface area contributed by atoms with Crippen molar-refractivity contribution in [1.29, 1.82) is 5.26 Å². The maximum Gasteiger partial charge on any atom is 0.459 e. The Morgan fingerprint density at radius 2 is 2.03 bits per heavy atom. The third kappa shape index (κ3) is 5.90. The van der Waals surface area contributed by atoms with Crippen molar-refractivity contribution in [2.45, 2.75) is 58.2 Å². The van der Waals surface area contributed by atoms with Gasteiger partial charge in [-0.25, -0.2) is 14.1 Å². The predicted octanol–water partition coefficient (Wildman–Crippen LogP) is 2.78. The summed E-state index contributed by atoms with van der Waals surface area (Å²) in [6.07, 6.45) is -2.48. The van der Waals surface area contributed by atoms with Crippen LogP contribution >= 0.6 is 7.75 Å². The maximum absolute atomic E-state index is 13.8. The average Bonchev–Trinajstić information content (AvgIpc) is 3.43. The van der Waals surface area contributed by atoms with E-state index in [9.17, 15) is 19.7 Å². The Bertz CT molecular complexity index is 1410.